The van der Waals surface area contributed by atoms with Gasteiger partial charge in [0, 0.05) is 19.5 Å². The molecular formula is C21H28N4O2. The standard InChI is InChI=1S/C21H28N4O2/c1-14-11-16(3)17(12-15(14)2)13-24-21(27)25-18(7-6-8-19(25)22-24)20(26)23-9-4-5-10-23/h11-12,18H,4-10,13H2,1-3H3/t18-/m0/s1. The van der Waals surface area contributed by atoms with Crippen LogP contribution in [-0.4, -0.2) is 38.2 Å². The van der Waals surface area contributed by atoms with Crippen molar-refractivity contribution < 1.29 is 4.79 Å². The molecule has 0 saturated carbocycles. The minimum absolute atomic E-state index is 0.0949. The summed E-state index contributed by atoms with van der Waals surface area (Å²) in [6.45, 7) is 8.34. The Morgan fingerprint density at radius 3 is 2.52 bits per heavy atom. The molecule has 2 aliphatic rings. The molecule has 1 amide bonds. The van der Waals surface area contributed by atoms with Crippen LogP contribution in [0.4, 0.5) is 0 Å². The van der Waals surface area contributed by atoms with Crippen molar-refractivity contribution >= 4 is 5.91 Å². The second-order valence-electron chi connectivity index (χ2n) is 8.03. The maximum absolute atomic E-state index is 13.1. The van der Waals surface area contributed by atoms with Gasteiger partial charge in [-0.05, 0) is 68.7 Å². The Hall–Kier alpha value is -2.37. The molecule has 6 heteroatoms. The van der Waals surface area contributed by atoms with Crippen molar-refractivity contribution in [2.24, 2.45) is 0 Å². The van der Waals surface area contributed by atoms with Crippen LogP contribution in [0.5, 0.6) is 0 Å². The number of aromatic nitrogens is 3. The van der Waals surface area contributed by atoms with Crippen LogP contribution in [0.3, 0.4) is 0 Å². The summed E-state index contributed by atoms with van der Waals surface area (Å²) < 4.78 is 3.21. The molecule has 3 heterocycles. The molecule has 1 aromatic carbocycles. The van der Waals surface area contributed by atoms with Crippen molar-refractivity contribution in [3.05, 3.63) is 50.7 Å². The lowest BCUT2D eigenvalue weighted by Crippen LogP contribution is -2.41. The number of hydrogen-bond acceptors (Lipinski definition) is 3. The Bertz CT molecular complexity index is 934. The molecule has 2 aromatic rings. The van der Waals surface area contributed by atoms with E-state index in [1.807, 2.05) is 4.90 Å². The zero-order valence-corrected chi connectivity index (χ0v) is 16.5. The minimum Gasteiger partial charge on any atom is -0.341 e. The molecule has 0 bridgehead atoms. The van der Waals surface area contributed by atoms with E-state index >= 15 is 0 Å². The summed E-state index contributed by atoms with van der Waals surface area (Å²) in [5.74, 6) is 0.850. The third-order valence-corrected chi connectivity index (χ3v) is 6.11. The molecule has 0 radical (unpaired) electrons. The lowest BCUT2D eigenvalue weighted by atomic mass is 10.0. The van der Waals surface area contributed by atoms with Gasteiger partial charge in [-0.2, -0.15) is 5.10 Å². The Morgan fingerprint density at radius 2 is 1.78 bits per heavy atom. The maximum atomic E-state index is 13.1. The number of fused-ring (bicyclic) bond motifs is 1. The molecule has 6 nitrogen and oxygen atoms in total. The van der Waals surface area contributed by atoms with Crippen LogP contribution in [0, 0.1) is 20.8 Å². The molecule has 0 unspecified atom stereocenters. The third kappa shape index (κ3) is 3.22. The van der Waals surface area contributed by atoms with Gasteiger partial charge in [0.15, 0.2) is 0 Å². The van der Waals surface area contributed by atoms with Crippen molar-refractivity contribution in [2.75, 3.05) is 13.1 Å². The SMILES string of the molecule is Cc1cc(C)c(Cn2nc3n(c2=O)[C@H](C(=O)N2CCCC2)CCC3)cc1C. The highest BCUT2D eigenvalue weighted by atomic mass is 16.2. The van der Waals surface area contributed by atoms with Crippen LogP contribution in [0.1, 0.15) is 59.8 Å². The number of aryl methyl sites for hydroxylation is 4. The summed E-state index contributed by atoms with van der Waals surface area (Å²) in [7, 11) is 0. The third-order valence-electron chi connectivity index (χ3n) is 6.11. The molecule has 144 valence electrons. The van der Waals surface area contributed by atoms with E-state index in [1.165, 1.54) is 16.7 Å². The Morgan fingerprint density at radius 1 is 1.07 bits per heavy atom. The second-order valence-corrected chi connectivity index (χ2v) is 8.03. The van der Waals surface area contributed by atoms with E-state index in [2.05, 4.69) is 38.0 Å². The normalized spacial score (nSPS) is 19.4. The molecule has 1 saturated heterocycles. The second kappa shape index (κ2) is 6.98. The van der Waals surface area contributed by atoms with Crippen LogP contribution in [0.2, 0.25) is 0 Å². The van der Waals surface area contributed by atoms with Crippen molar-refractivity contribution in [3.8, 4) is 0 Å². The van der Waals surface area contributed by atoms with E-state index in [4.69, 9.17) is 0 Å². The summed E-state index contributed by atoms with van der Waals surface area (Å²) in [5.41, 5.74) is 4.59. The summed E-state index contributed by atoms with van der Waals surface area (Å²) in [5, 5.41) is 4.59. The number of hydrogen-bond donors (Lipinski definition) is 0. The van der Waals surface area contributed by atoms with Crippen LogP contribution in [0.15, 0.2) is 16.9 Å². The molecule has 2 aliphatic heterocycles. The quantitative estimate of drug-likeness (QED) is 0.836. The molecule has 0 aliphatic carbocycles. The topological polar surface area (TPSA) is 60.1 Å². The number of likely N-dealkylation sites (tertiary alicyclic amines) is 1. The van der Waals surface area contributed by atoms with Gasteiger partial charge >= 0.3 is 5.69 Å². The van der Waals surface area contributed by atoms with E-state index in [-0.39, 0.29) is 17.6 Å². The highest BCUT2D eigenvalue weighted by Crippen LogP contribution is 2.26. The fourth-order valence-electron chi connectivity index (χ4n) is 4.37. The van der Waals surface area contributed by atoms with E-state index < -0.39 is 0 Å². The molecule has 4 rings (SSSR count). The maximum Gasteiger partial charge on any atom is 0.346 e. The van der Waals surface area contributed by atoms with Gasteiger partial charge in [0.05, 0.1) is 6.54 Å². The first-order chi connectivity index (χ1) is 13.0. The van der Waals surface area contributed by atoms with Gasteiger partial charge in [-0.15, -0.1) is 0 Å². The van der Waals surface area contributed by atoms with E-state index in [0.717, 1.165) is 56.6 Å². The van der Waals surface area contributed by atoms with Crippen LogP contribution in [0.25, 0.3) is 0 Å². The van der Waals surface area contributed by atoms with Gasteiger partial charge in [0.25, 0.3) is 0 Å². The zero-order chi connectivity index (χ0) is 19.1. The number of rotatable bonds is 3. The van der Waals surface area contributed by atoms with Crippen molar-refractivity contribution in [2.45, 2.75) is 65.5 Å². The monoisotopic (exact) mass is 368 g/mol. The zero-order valence-electron chi connectivity index (χ0n) is 16.5. The molecule has 0 spiro atoms. The number of amides is 1. The number of benzene rings is 1. The average molecular weight is 368 g/mol. The summed E-state index contributed by atoms with van der Waals surface area (Å²) in [6.07, 6.45) is 4.52. The summed E-state index contributed by atoms with van der Waals surface area (Å²) in [4.78, 5) is 28.0. The fourth-order valence-corrected chi connectivity index (χ4v) is 4.37. The van der Waals surface area contributed by atoms with Gasteiger partial charge in [-0.1, -0.05) is 12.1 Å². The van der Waals surface area contributed by atoms with E-state index in [9.17, 15) is 9.59 Å². The fraction of sp³-hybridized carbons (Fsp3) is 0.571. The Labute approximate surface area is 159 Å². The summed E-state index contributed by atoms with van der Waals surface area (Å²) >= 11 is 0. The first kappa shape index (κ1) is 18.0. The highest BCUT2D eigenvalue weighted by Gasteiger charge is 2.34. The first-order valence-electron chi connectivity index (χ1n) is 9.99. The van der Waals surface area contributed by atoms with Crippen molar-refractivity contribution in [1.29, 1.82) is 0 Å². The molecule has 1 atom stereocenters. The molecular weight excluding hydrogens is 340 g/mol. The largest absolute Gasteiger partial charge is 0.346 e. The van der Waals surface area contributed by atoms with Gasteiger partial charge in [0.1, 0.15) is 11.9 Å². The smallest absolute Gasteiger partial charge is 0.341 e. The molecule has 1 aromatic heterocycles. The van der Waals surface area contributed by atoms with Crippen molar-refractivity contribution in [1.82, 2.24) is 19.2 Å². The lowest BCUT2D eigenvalue weighted by molar-refractivity contribution is -0.134. The van der Waals surface area contributed by atoms with Gasteiger partial charge in [0.2, 0.25) is 5.91 Å². The highest BCUT2D eigenvalue weighted by molar-refractivity contribution is 5.80. The number of carbonyl (C=O) groups is 1. The predicted octanol–water partition coefficient (Wildman–Crippen LogP) is 2.52. The van der Waals surface area contributed by atoms with E-state index in [0.29, 0.717) is 6.54 Å². The lowest BCUT2D eigenvalue weighted by Gasteiger charge is -2.27. The Balaban J connectivity index is 1.67. The molecule has 27 heavy (non-hydrogen) atoms. The van der Waals surface area contributed by atoms with Crippen LogP contribution in [-0.2, 0) is 17.8 Å². The average Bonchev–Trinajstić information content (AvgIpc) is 3.28. The van der Waals surface area contributed by atoms with Crippen LogP contribution < -0.4 is 5.69 Å². The van der Waals surface area contributed by atoms with Crippen molar-refractivity contribution in [3.63, 3.8) is 0 Å². The van der Waals surface area contributed by atoms with Crippen LogP contribution >= 0.6 is 0 Å². The molecule has 0 N–H and O–H groups in total. The first-order valence-corrected chi connectivity index (χ1v) is 9.99. The minimum atomic E-state index is -0.381. The Kier molecular flexibility index (Phi) is 4.66. The number of nitrogens with zero attached hydrogens (tertiary/aromatic N) is 4. The van der Waals surface area contributed by atoms with Gasteiger partial charge < -0.3 is 4.90 Å². The van der Waals surface area contributed by atoms with Gasteiger partial charge in [-0.25, -0.2) is 9.48 Å². The summed E-state index contributed by atoms with van der Waals surface area (Å²) in [6, 6.07) is 3.92. The predicted molar refractivity (Wildman–Crippen MR) is 104 cm³/mol. The molecule has 1 fully saturated rings. The number of carbonyl (C=O) groups excluding carboxylic acids is 1. The van der Waals surface area contributed by atoms with Gasteiger partial charge in [-0.3, -0.25) is 9.36 Å². The van der Waals surface area contributed by atoms with E-state index in [1.54, 1.807) is 9.25 Å².